The molecule has 0 aromatic heterocycles. The third-order valence-electron chi connectivity index (χ3n) is 7.58. The van der Waals surface area contributed by atoms with Crippen LogP contribution in [0.15, 0.2) is 30.0 Å². The number of methoxy groups -OCH3 is 1. The minimum Gasteiger partial charge on any atom is -0.547 e. The van der Waals surface area contributed by atoms with E-state index in [2.05, 4.69) is 57.8 Å². The van der Waals surface area contributed by atoms with Crippen molar-refractivity contribution in [3.63, 3.8) is 0 Å². The van der Waals surface area contributed by atoms with Crippen molar-refractivity contribution in [1.82, 2.24) is 0 Å². The zero-order valence-corrected chi connectivity index (χ0v) is 19.0. The smallest absolute Gasteiger partial charge is 0.241 e. The van der Waals surface area contributed by atoms with E-state index >= 15 is 0 Å². The van der Waals surface area contributed by atoms with E-state index in [1.807, 2.05) is 0 Å². The van der Waals surface area contributed by atoms with Gasteiger partial charge in [0.25, 0.3) is 0 Å². The van der Waals surface area contributed by atoms with Crippen LogP contribution in [0, 0.1) is 23.2 Å². The van der Waals surface area contributed by atoms with Crippen LogP contribution < -0.4 is 4.74 Å². The lowest BCUT2D eigenvalue weighted by Crippen LogP contribution is -2.46. The summed E-state index contributed by atoms with van der Waals surface area (Å²) >= 11 is 0. The van der Waals surface area contributed by atoms with E-state index in [-0.39, 0.29) is 0 Å². The highest BCUT2D eigenvalue weighted by molar-refractivity contribution is 6.70. The maximum atomic E-state index is 6.66. The van der Waals surface area contributed by atoms with Gasteiger partial charge in [-0.05, 0) is 105 Å². The first-order valence-corrected chi connectivity index (χ1v) is 14.3. The average Bonchev–Trinajstić information content (AvgIpc) is 2.98. The van der Waals surface area contributed by atoms with Crippen molar-refractivity contribution in [3.05, 3.63) is 41.2 Å². The standard InChI is InChI=1S/C24H36O2Si/c1-7-24-13-12-20-19-9-8-18(25-3)15-17(19)14-16(2)23(20)21(24)10-11-22(24)26-27(4,5)6/h8-9,11,15-16,20-21,23H,7,10,12-14H2,1-6H3/t16-,20-,21+,23-,24?/m1/s1. The summed E-state index contributed by atoms with van der Waals surface area (Å²) in [7, 11) is 0.202. The third kappa shape index (κ3) is 3.06. The predicted octanol–water partition coefficient (Wildman–Crippen LogP) is 6.53. The number of benzene rings is 1. The molecule has 27 heavy (non-hydrogen) atoms. The molecule has 0 heterocycles. The Balaban J connectivity index is 1.68. The van der Waals surface area contributed by atoms with Crippen LogP contribution in [0.2, 0.25) is 19.6 Å². The summed E-state index contributed by atoms with van der Waals surface area (Å²) in [5, 5.41) is 0. The second-order valence-corrected chi connectivity index (χ2v) is 14.5. The molecule has 0 saturated heterocycles. The summed E-state index contributed by atoms with van der Waals surface area (Å²) in [6.45, 7) is 11.9. The Morgan fingerprint density at radius 1 is 1.22 bits per heavy atom. The van der Waals surface area contributed by atoms with Gasteiger partial charge in [-0.1, -0.05) is 19.9 Å². The van der Waals surface area contributed by atoms with Gasteiger partial charge in [-0.25, -0.2) is 0 Å². The van der Waals surface area contributed by atoms with Crippen molar-refractivity contribution >= 4 is 8.32 Å². The van der Waals surface area contributed by atoms with Gasteiger partial charge >= 0.3 is 0 Å². The third-order valence-corrected chi connectivity index (χ3v) is 8.42. The lowest BCUT2D eigenvalue weighted by molar-refractivity contribution is 0.00984. The van der Waals surface area contributed by atoms with Crippen LogP contribution in [0.4, 0.5) is 0 Å². The highest BCUT2D eigenvalue weighted by atomic mass is 28.4. The molecule has 1 aromatic rings. The van der Waals surface area contributed by atoms with Crippen LogP contribution in [0.3, 0.4) is 0 Å². The number of hydrogen-bond donors (Lipinski definition) is 0. The molecule has 3 aliphatic carbocycles. The minimum absolute atomic E-state index is 0.291. The molecule has 3 heteroatoms. The Morgan fingerprint density at radius 2 is 2.00 bits per heavy atom. The normalized spacial score (nSPS) is 35.0. The zero-order valence-electron chi connectivity index (χ0n) is 18.0. The summed E-state index contributed by atoms with van der Waals surface area (Å²) in [4.78, 5) is 0. The van der Waals surface area contributed by atoms with Gasteiger partial charge < -0.3 is 9.16 Å². The number of fused-ring (bicyclic) bond motifs is 5. The van der Waals surface area contributed by atoms with E-state index in [1.165, 1.54) is 43.4 Å². The van der Waals surface area contributed by atoms with E-state index < -0.39 is 8.32 Å². The molecule has 1 fully saturated rings. The molecule has 3 aliphatic rings. The SMILES string of the molecule is CCC12CC[C@@H]3c4ccc(OC)cc4C[C@@H](C)[C@H]3[C@@H]1CC=C2O[Si](C)(C)C. The zero-order chi connectivity index (χ0) is 19.4. The van der Waals surface area contributed by atoms with Crippen molar-refractivity contribution in [3.8, 4) is 5.75 Å². The molecule has 0 N–H and O–H groups in total. The number of hydrogen-bond acceptors (Lipinski definition) is 2. The van der Waals surface area contributed by atoms with Crippen LogP contribution in [-0.2, 0) is 10.8 Å². The van der Waals surface area contributed by atoms with Crippen molar-refractivity contribution in [2.24, 2.45) is 23.2 Å². The molecule has 0 spiro atoms. The number of ether oxygens (including phenoxy) is 1. The first kappa shape index (κ1) is 19.1. The first-order valence-electron chi connectivity index (χ1n) is 10.9. The fourth-order valence-corrected chi connectivity index (χ4v) is 7.48. The molecule has 0 amide bonds. The number of rotatable bonds is 4. The monoisotopic (exact) mass is 384 g/mol. The average molecular weight is 385 g/mol. The van der Waals surface area contributed by atoms with Gasteiger partial charge in [-0.3, -0.25) is 0 Å². The van der Waals surface area contributed by atoms with E-state index in [0.717, 1.165) is 23.5 Å². The van der Waals surface area contributed by atoms with E-state index in [4.69, 9.17) is 9.16 Å². The molecule has 148 valence electrons. The first-order chi connectivity index (χ1) is 12.8. The van der Waals surface area contributed by atoms with Gasteiger partial charge in [0.15, 0.2) is 0 Å². The van der Waals surface area contributed by atoms with Crippen LogP contribution in [-0.4, -0.2) is 15.4 Å². The fourth-order valence-electron chi connectivity index (χ4n) is 6.54. The number of allylic oxidation sites excluding steroid dienone is 2. The maximum absolute atomic E-state index is 6.66. The lowest BCUT2D eigenvalue weighted by Gasteiger charge is -2.53. The second-order valence-electron chi connectivity index (χ2n) is 10.1. The highest BCUT2D eigenvalue weighted by Gasteiger charge is 2.56. The minimum atomic E-state index is -1.57. The summed E-state index contributed by atoms with van der Waals surface area (Å²) in [6, 6.07) is 6.81. The molecule has 0 aliphatic heterocycles. The molecule has 0 radical (unpaired) electrons. The predicted molar refractivity (Wildman–Crippen MR) is 115 cm³/mol. The maximum Gasteiger partial charge on any atom is 0.241 e. The van der Waals surface area contributed by atoms with Crippen molar-refractivity contribution in [2.45, 2.75) is 71.5 Å². The largest absolute Gasteiger partial charge is 0.547 e. The summed E-state index contributed by atoms with van der Waals surface area (Å²) < 4.78 is 12.2. The summed E-state index contributed by atoms with van der Waals surface area (Å²) in [5.41, 5.74) is 3.42. The lowest BCUT2D eigenvalue weighted by atomic mass is 9.51. The molecule has 1 saturated carbocycles. The Bertz CT molecular complexity index is 747. The Hall–Kier alpha value is -1.22. The molecule has 2 nitrogen and oxygen atoms in total. The molecule has 0 bridgehead atoms. The summed E-state index contributed by atoms with van der Waals surface area (Å²) in [6.07, 6.45) is 8.68. The van der Waals surface area contributed by atoms with Gasteiger partial charge in [-0.2, -0.15) is 0 Å². The Labute approximate surface area is 166 Å². The van der Waals surface area contributed by atoms with E-state index in [9.17, 15) is 0 Å². The quantitative estimate of drug-likeness (QED) is 0.549. The Morgan fingerprint density at radius 3 is 2.67 bits per heavy atom. The van der Waals surface area contributed by atoms with E-state index in [0.29, 0.717) is 11.3 Å². The molecule has 4 rings (SSSR count). The molecule has 1 aromatic carbocycles. The summed E-state index contributed by atoms with van der Waals surface area (Å²) in [5.74, 6) is 5.33. The van der Waals surface area contributed by atoms with Gasteiger partial charge in [0, 0.05) is 5.41 Å². The Kier molecular flexibility index (Phi) is 4.73. The van der Waals surface area contributed by atoms with Gasteiger partial charge in [0.2, 0.25) is 8.32 Å². The molecular formula is C24H36O2Si. The second kappa shape index (κ2) is 6.68. The molecule has 5 atom stereocenters. The topological polar surface area (TPSA) is 18.5 Å². The van der Waals surface area contributed by atoms with E-state index in [1.54, 1.807) is 12.7 Å². The molecular weight excluding hydrogens is 348 g/mol. The van der Waals surface area contributed by atoms with Crippen LogP contribution >= 0.6 is 0 Å². The van der Waals surface area contributed by atoms with Crippen molar-refractivity contribution < 1.29 is 9.16 Å². The highest BCUT2D eigenvalue weighted by Crippen LogP contribution is 2.64. The van der Waals surface area contributed by atoms with Crippen LogP contribution in [0.1, 0.15) is 56.6 Å². The van der Waals surface area contributed by atoms with Crippen molar-refractivity contribution in [2.75, 3.05) is 7.11 Å². The van der Waals surface area contributed by atoms with Crippen LogP contribution in [0.5, 0.6) is 5.75 Å². The van der Waals surface area contributed by atoms with Crippen LogP contribution in [0.25, 0.3) is 0 Å². The van der Waals surface area contributed by atoms with Gasteiger partial charge in [0.1, 0.15) is 5.75 Å². The van der Waals surface area contributed by atoms with Gasteiger partial charge in [0.05, 0.1) is 12.9 Å². The van der Waals surface area contributed by atoms with Crippen molar-refractivity contribution in [1.29, 1.82) is 0 Å². The fraction of sp³-hybridized carbons (Fsp3) is 0.667. The van der Waals surface area contributed by atoms with Gasteiger partial charge in [-0.15, -0.1) is 0 Å². The molecule has 1 unspecified atom stereocenters.